The third-order valence-corrected chi connectivity index (χ3v) is 8.23. The van der Waals surface area contributed by atoms with E-state index in [9.17, 15) is 37.5 Å². The number of carbonyl (C=O) groups excluding carboxylic acids is 4. The van der Waals surface area contributed by atoms with Gasteiger partial charge in [0.05, 0.1) is 22.7 Å². The van der Waals surface area contributed by atoms with E-state index in [2.05, 4.69) is 5.32 Å². The molecule has 1 aliphatic carbocycles. The average Bonchev–Trinajstić information content (AvgIpc) is 3.63. The number of halogens is 4. The lowest BCUT2D eigenvalue weighted by Crippen LogP contribution is -2.61. The fourth-order valence-electron chi connectivity index (χ4n) is 5.23. The summed E-state index contributed by atoms with van der Waals surface area (Å²) < 4.78 is 38.8. The Morgan fingerprint density at radius 2 is 1.95 bits per heavy atom. The Bertz CT molecular complexity index is 1110. The van der Waals surface area contributed by atoms with Gasteiger partial charge in [0.2, 0.25) is 11.8 Å². The average molecular weight is 559 g/mol. The minimum Gasteiger partial charge on any atom is -0.391 e. The highest BCUT2D eigenvalue weighted by Gasteiger charge is 2.51. The molecule has 208 valence electrons. The van der Waals surface area contributed by atoms with Gasteiger partial charge < -0.3 is 29.9 Å². The molecular weight excluding hydrogens is 529 g/mol. The second-order valence-electron chi connectivity index (χ2n) is 10.2. The van der Waals surface area contributed by atoms with Crippen molar-refractivity contribution in [3.8, 4) is 0 Å². The molecule has 2 N–H and O–H groups in total. The summed E-state index contributed by atoms with van der Waals surface area (Å²) in [7, 11) is 0. The molecule has 3 atom stereocenters. The van der Waals surface area contributed by atoms with Crippen LogP contribution < -0.4 is 5.32 Å². The van der Waals surface area contributed by atoms with Crippen LogP contribution in [0.3, 0.4) is 0 Å². The van der Waals surface area contributed by atoms with Crippen LogP contribution in [0.25, 0.3) is 0 Å². The summed E-state index contributed by atoms with van der Waals surface area (Å²) >= 11 is 5.71. The first-order valence-electron chi connectivity index (χ1n) is 12.5. The number of amides is 4. The third-order valence-electron chi connectivity index (χ3n) is 7.91. The number of nitrogens with one attached hydrogen (secondary N) is 1. The standard InChI is InChI=1S/C25H30ClF3N4O5/c1-15-22(37)33(17(14-34)3-5-21(36)31-9-8-24(6-7-24)20(35)13-31)11-10-32(15)23(38)30-16-2-4-18(19(26)12-16)25(27,28)29/h2,4,12,14-15,17,20,35H,3,5-11,13H2,1H3,(H,30,38)/t15-,17-,20+/m0/s1. The third kappa shape index (κ3) is 5.75. The van der Waals surface area contributed by atoms with Gasteiger partial charge in [0.25, 0.3) is 0 Å². The van der Waals surface area contributed by atoms with E-state index in [1.54, 1.807) is 4.90 Å². The van der Waals surface area contributed by atoms with Crippen molar-refractivity contribution < 1.29 is 37.5 Å². The van der Waals surface area contributed by atoms with Crippen LogP contribution in [0.1, 0.15) is 44.6 Å². The lowest BCUT2D eigenvalue weighted by atomic mass is 9.90. The number of hydrogen-bond donors (Lipinski definition) is 2. The number of β-amino-alcohol motifs (C(OH)–C–C–N with tert-alkyl or cyclic N) is 1. The van der Waals surface area contributed by atoms with Gasteiger partial charge in [-0.25, -0.2) is 4.79 Å². The highest BCUT2D eigenvalue weighted by molar-refractivity contribution is 6.31. The molecule has 1 aromatic carbocycles. The van der Waals surface area contributed by atoms with Crippen molar-refractivity contribution in [2.45, 2.75) is 63.4 Å². The van der Waals surface area contributed by atoms with Crippen molar-refractivity contribution >= 4 is 41.4 Å². The first kappa shape index (κ1) is 28.2. The maximum Gasteiger partial charge on any atom is 0.417 e. The molecule has 0 radical (unpaired) electrons. The van der Waals surface area contributed by atoms with Crippen molar-refractivity contribution in [2.75, 3.05) is 31.5 Å². The molecule has 0 bridgehead atoms. The fraction of sp³-hybridized carbons (Fsp3) is 0.600. The Balaban J connectivity index is 1.31. The smallest absolute Gasteiger partial charge is 0.391 e. The number of aliphatic hydroxyl groups is 1. The largest absolute Gasteiger partial charge is 0.417 e. The molecule has 38 heavy (non-hydrogen) atoms. The van der Waals surface area contributed by atoms with Gasteiger partial charge in [0, 0.05) is 38.3 Å². The number of alkyl halides is 3. The molecule has 0 unspecified atom stereocenters. The lowest BCUT2D eigenvalue weighted by Gasteiger charge is -2.41. The summed E-state index contributed by atoms with van der Waals surface area (Å²) in [4.78, 5) is 54.5. The van der Waals surface area contributed by atoms with Gasteiger partial charge in [-0.3, -0.25) is 9.59 Å². The Morgan fingerprint density at radius 1 is 1.24 bits per heavy atom. The van der Waals surface area contributed by atoms with Crippen molar-refractivity contribution in [3.63, 3.8) is 0 Å². The number of piperazine rings is 1. The molecule has 2 aliphatic heterocycles. The van der Waals surface area contributed by atoms with Crippen LogP contribution >= 0.6 is 11.6 Å². The SMILES string of the molecule is C[C@H]1C(=O)N([C@H](C=O)CCC(=O)N2CCC3(CC3)[C@H](O)C2)CCN1C(=O)Nc1ccc(C(F)(F)F)c(Cl)c1. The molecule has 2 saturated heterocycles. The van der Waals surface area contributed by atoms with E-state index in [0.29, 0.717) is 12.8 Å². The van der Waals surface area contributed by atoms with Gasteiger partial charge in [-0.05, 0) is 56.2 Å². The van der Waals surface area contributed by atoms with E-state index in [0.717, 1.165) is 37.5 Å². The van der Waals surface area contributed by atoms with Gasteiger partial charge >= 0.3 is 12.2 Å². The minimum atomic E-state index is -4.63. The monoisotopic (exact) mass is 558 g/mol. The zero-order valence-electron chi connectivity index (χ0n) is 20.8. The molecule has 13 heteroatoms. The minimum absolute atomic E-state index is 0.0323. The van der Waals surface area contributed by atoms with Crippen LogP contribution in [0.2, 0.25) is 5.02 Å². The molecule has 1 aromatic rings. The van der Waals surface area contributed by atoms with E-state index in [1.165, 1.54) is 16.7 Å². The summed E-state index contributed by atoms with van der Waals surface area (Å²) in [5, 5.41) is 12.2. The maximum atomic E-state index is 13.0. The Kier molecular flexibility index (Phi) is 7.94. The number of nitrogens with zero attached hydrogens (tertiary/aromatic N) is 3. The maximum absolute atomic E-state index is 13.0. The van der Waals surface area contributed by atoms with Crippen LogP contribution in [0.4, 0.5) is 23.7 Å². The van der Waals surface area contributed by atoms with Gasteiger partial charge in [-0.1, -0.05) is 11.6 Å². The summed E-state index contributed by atoms with van der Waals surface area (Å²) in [5.74, 6) is -0.661. The van der Waals surface area contributed by atoms with Gasteiger partial charge in [-0.15, -0.1) is 0 Å². The highest BCUT2D eigenvalue weighted by atomic mass is 35.5. The fourth-order valence-corrected chi connectivity index (χ4v) is 5.52. The van der Waals surface area contributed by atoms with Crippen LogP contribution in [0, 0.1) is 5.41 Å². The number of hydrogen-bond acceptors (Lipinski definition) is 5. The summed E-state index contributed by atoms with van der Waals surface area (Å²) in [6, 6.07) is 0.318. The van der Waals surface area contributed by atoms with E-state index >= 15 is 0 Å². The van der Waals surface area contributed by atoms with Crippen LogP contribution in [0.15, 0.2) is 18.2 Å². The number of aliphatic hydroxyl groups excluding tert-OH is 1. The molecule has 0 aromatic heterocycles. The Morgan fingerprint density at radius 3 is 2.53 bits per heavy atom. The molecule has 4 amide bonds. The van der Waals surface area contributed by atoms with Crippen LogP contribution in [-0.2, 0) is 20.6 Å². The van der Waals surface area contributed by atoms with Gasteiger partial charge in [0.1, 0.15) is 12.3 Å². The Hall–Kier alpha value is -2.86. The zero-order valence-corrected chi connectivity index (χ0v) is 21.6. The number of carbonyl (C=O) groups is 4. The zero-order chi connectivity index (χ0) is 27.8. The molecule has 1 spiro atoms. The molecule has 9 nitrogen and oxygen atoms in total. The number of benzene rings is 1. The first-order chi connectivity index (χ1) is 17.9. The summed E-state index contributed by atoms with van der Waals surface area (Å²) in [5.41, 5.74) is -1.03. The molecule has 2 heterocycles. The predicted molar refractivity (Wildman–Crippen MR) is 131 cm³/mol. The second-order valence-corrected chi connectivity index (χ2v) is 10.6. The number of likely N-dealkylation sites (tertiary alicyclic amines) is 1. The van der Waals surface area contributed by atoms with Gasteiger partial charge in [0.15, 0.2) is 0 Å². The first-order valence-corrected chi connectivity index (χ1v) is 12.9. The Labute approximate surface area is 222 Å². The number of piperidine rings is 1. The molecule has 4 rings (SSSR count). The molecule has 1 saturated carbocycles. The lowest BCUT2D eigenvalue weighted by molar-refractivity contribution is -0.145. The molecule has 3 aliphatic rings. The second kappa shape index (κ2) is 10.7. The highest BCUT2D eigenvalue weighted by Crippen LogP contribution is 2.53. The van der Waals surface area contributed by atoms with E-state index in [4.69, 9.17) is 11.6 Å². The predicted octanol–water partition coefficient (Wildman–Crippen LogP) is 3.14. The summed E-state index contributed by atoms with van der Waals surface area (Å²) in [6.07, 6.45) is -1.68. The van der Waals surface area contributed by atoms with E-state index in [1.807, 2.05) is 0 Å². The van der Waals surface area contributed by atoms with Crippen molar-refractivity contribution in [2.24, 2.45) is 5.41 Å². The van der Waals surface area contributed by atoms with E-state index < -0.39 is 46.9 Å². The summed E-state index contributed by atoms with van der Waals surface area (Å²) in [6.45, 7) is 2.45. The number of rotatable bonds is 6. The van der Waals surface area contributed by atoms with Gasteiger partial charge in [-0.2, -0.15) is 13.2 Å². The topological polar surface area (TPSA) is 110 Å². The van der Waals surface area contributed by atoms with Crippen molar-refractivity contribution in [3.05, 3.63) is 28.8 Å². The van der Waals surface area contributed by atoms with Crippen LogP contribution in [0.5, 0.6) is 0 Å². The van der Waals surface area contributed by atoms with E-state index in [-0.39, 0.29) is 49.5 Å². The van der Waals surface area contributed by atoms with Crippen molar-refractivity contribution in [1.29, 1.82) is 0 Å². The van der Waals surface area contributed by atoms with Crippen LogP contribution in [-0.4, -0.2) is 88.3 Å². The molecule has 3 fully saturated rings. The van der Waals surface area contributed by atoms with Crippen molar-refractivity contribution in [1.82, 2.24) is 14.7 Å². The normalized spacial score (nSPS) is 23.8. The number of urea groups is 1. The quantitative estimate of drug-likeness (QED) is 0.521. The molecular formula is C25H30ClF3N4O5. The number of anilines is 1. The number of aldehydes is 1.